The number of rotatable bonds is 10. The Hall–Kier alpha value is -1.09. The summed E-state index contributed by atoms with van der Waals surface area (Å²) in [5.41, 5.74) is 0. The van der Waals surface area contributed by atoms with Crippen molar-refractivity contribution in [3.63, 3.8) is 0 Å². The second-order valence-electron chi connectivity index (χ2n) is 4.47. The zero-order valence-corrected chi connectivity index (χ0v) is 11.6. The molecule has 0 aromatic carbocycles. The molecule has 1 aromatic heterocycles. The van der Waals surface area contributed by atoms with Gasteiger partial charge in [0.1, 0.15) is 0 Å². The largest absolute Gasteiger partial charge is 0.481 e. The molecule has 18 heavy (non-hydrogen) atoms. The summed E-state index contributed by atoms with van der Waals surface area (Å²) < 4.78 is 0. The van der Waals surface area contributed by atoms with Crippen molar-refractivity contribution in [2.24, 2.45) is 0 Å². The van der Waals surface area contributed by atoms with Crippen molar-refractivity contribution in [1.29, 1.82) is 0 Å². The summed E-state index contributed by atoms with van der Waals surface area (Å²) in [6.45, 7) is 0. The number of allylic oxidation sites excluding steroid dienone is 1. The molecule has 0 atom stereocenters. The monoisotopic (exact) mass is 266 g/mol. The highest BCUT2D eigenvalue weighted by Crippen LogP contribution is 2.12. The van der Waals surface area contributed by atoms with Gasteiger partial charge >= 0.3 is 5.97 Å². The first-order valence-electron chi connectivity index (χ1n) is 6.71. The van der Waals surface area contributed by atoms with Gasteiger partial charge in [0.15, 0.2) is 0 Å². The Bertz CT molecular complexity index is 341. The molecule has 1 rings (SSSR count). The molecule has 1 N–H and O–H groups in total. The van der Waals surface area contributed by atoms with E-state index in [-0.39, 0.29) is 0 Å². The molecule has 2 nitrogen and oxygen atoms in total. The van der Waals surface area contributed by atoms with Crippen LogP contribution < -0.4 is 0 Å². The molecule has 0 bridgehead atoms. The Morgan fingerprint density at radius 1 is 1.17 bits per heavy atom. The number of carbonyl (C=O) groups is 1. The molecule has 0 fully saturated rings. The maximum atomic E-state index is 10.3. The van der Waals surface area contributed by atoms with Crippen LogP contribution in [0.2, 0.25) is 0 Å². The molecular weight excluding hydrogens is 244 g/mol. The molecule has 0 saturated carbocycles. The lowest BCUT2D eigenvalue weighted by Crippen LogP contribution is -1.93. The molecule has 0 aliphatic rings. The zero-order valence-electron chi connectivity index (χ0n) is 10.8. The van der Waals surface area contributed by atoms with Crippen LogP contribution in [0.3, 0.4) is 0 Å². The number of unbranched alkanes of at least 4 members (excludes halogenated alkanes) is 6. The van der Waals surface area contributed by atoms with E-state index in [0.29, 0.717) is 6.42 Å². The summed E-state index contributed by atoms with van der Waals surface area (Å²) in [6, 6.07) is 4.20. The Morgan fingerprint density at radius 2 is 1.89 bits per heavy atom. The number of aliphatic carboxylic acids is 1. The maximum Gasteiger partial charge on any atom is 0.303 e. The lowest BCUT2D eigenvalue weighted by molar-refractivity contribution is -0.137. The second kappa shape index (κ2) is 9.89. The molecule has 1 aromatic rings. The van der Waals surface area contributed by atoms with Gasteiger partial charge < -0.3 is 5.11 Å². The van der Waals surface area contributed by atoms with Crippen molar-refractivity contribution in [3.8, 4) is 0 Å². The van der Waals surface area contributed by atoms with Crippen LogP contribution >= 0.6 is 11.3 Å². The average Bonchev–Trinajstić information content (AvgIpc) is 2.84. The molecule has 3 heteroatoms. The van der Waals surface area contributed by atoms with E-state index in [4.69, 9.17) is 5.11 Å². The molecular formula is C15H22O2S. The number of thiophene rings is 1. The summed E-state index contributed by atoms with van der Waals surface area (Å²) >= 11 is 1.77. The Kier molecular flexibility index (Phi) is 8.23. The number of carboxylic acids is 1. The Morgan fingerprint density at radius 3 is 2.56 bits per heavy atom. The third-order valence-electron chi connectivity index (χ3n) is 2.84. The van der Waals surface area contributed by atoms with Crippen molar-refractivity contribution < 1.29 is 9.90 Å². The molecule has 0 saturated heterocycles. The fourth-order valence-electron chi connectivity index (χ4n) is 1.83. The van der Waals surface area contributed by atoms with Crippen LogP contribution in [-0.2, 0) is 4.79 Å². The Labute approximate surface area is 113 Å². The van der Waals surface area contributed by atoms with Crippen molar-refractivity contribution in [3.05, 3.63) is 28.5 Å². The minimum absolute atomic E-state index is 0.323. The average molecular weight is 266 g/mol. The van der Waals surface area contributed by atoms with Gasteiger partial charge in [-0.1, -0.05) is 37.8 Å². The fourth-order valence-corrected chi connectivity index (χ4v) is 2.48. The molecule has 0 amide bonds. The van der Waals surface area contributed by atoms with Crippen LogP contribution in [0.1, 0.15) is 56.2 Å². The van der Waals surface area contributed by atoms with Gasteiger partial charge in [-0.05, 0) is 36.8 Å². The van der Waals surface area contributed by atoms with Gasteiger partial charge in [0.05, 0.1) is 0 Å². The lowest BCUT2D eigenvalue weighted by Gasteiger charge is -1.99. The normalized spacial score (nSPS) is 11.1. The summed E-state index contributed by atoms with van der Waals surface area (Å²) in [6.07, 6.45) is 12.7. The van der Waals surface area contributed by atoms with Crippen LogP contribution in [-0.4, -0.2) is 11.1 Å². The van der Waals surface area contributed by atoms with Gasteiger partial charge in [0, 0.05) is 11.3 Å². The van der Waals surface area contributed by atoms with E-state index >= 15 is 0 Å². The molecule has 0 radical (unpaired) electrons. The minimum Gasteiger partial charge on any atom is -0.481 e. The summed E-state index contributed by atoms with van der Waals surface area (Å²) in [5, 5.41) is 10.6. The third kappa shape index (κ3) is 8.07. The van der Waals surface area contributed by atoms with Crippen molar-refractivity contribution in [2.45, 2.75) is 51.4 Å². The van der Waals surface area contributed by atoms with Crippen molar-refractivity contribution in [1.82, 2.24) is 0 Å². The molecule has 0 unspecified atom stereocenters. The topological polar surface area (TPSA) is 37.3 Å². The number of carboxylic acid groups (broad SMARTS) is 1. The maximum absolute atomic E-state index is 10.3. The van der Waals surface area contributed by atoms with E-state index in [1.807, 2.05) is 0 Å². The summed E-state index contributed by atoms with van der Waals surface area (Å²) in [7, 11) is 0. The van der Waals surface area contributed by atoms with E-state index in [2.05, 4.69) is 29.7 Å². The Balaban J connectivity index is 1.85. The summed E-state index contributed by atoms with van der Waals surface area (Å²) in [4.78, 5) is 11.6. The molecule has 1 heterocycles. The first-order valence-corrected chi connectivity index (χ1v) is 7.59. The van der Waals surface area contributed by atoms with E-state index in [1.54, 1.807) is 11.3 Å². The quantitative estimate of drug-likeness (QED) is 0.607. The van der Waals surface area contributed by atoms with Crippen molar-refractivity contribution in [2.75, 3.05) is 0 Å². The van der Waals surface area contributed by atoms with Crippen LogP contribution in [0.25, 0.3) is 6.08 Å². The van der Waals surface area contributed by atoms with Crippen LogP contribution in [0, 0.1) is 0 Å². The smallest absolute Gasteiger partial charge is 0.303 e. The lowest BCUT2D eigenvalue weighted by atomic mass is 10.1. The standard InChI is InChI=1S/C15H22O2S/c16-15(17)12-8-6-4-2-1-3-5-7-10-14-11-9-13-18-14/h7,9-11,13H,1-6,8,12H2,(H,16,17)/b10-7+. The van der Waals surface area contributed by atoms with Crippen LogP contribution in [0.15, 0.2) is 23.6 Å². The highest BCUT2D eigenvalue weighted by molar-refractivity contribution is 7.10. The van der Waals surface area contributed by atoms with Gasteiger partial charge in [0.25, 0.3) is 0 Å². The highest BCUT2D eigenvalue weighted by atomic mass is 32.1. The second-order valence-corrected chi connectivity index (χ2v) is 5.45. The van der Waals surface area contributed by atoms with Gasteiger partial charge in [0.2, 0.25) is 0 Å². The van der Waals surface area contributed by atoms with E-state index in [9.17, 15) is 4.79 Å². The van der Waals surface area contributed by atoms with Gasteiger partial charge in [-0.2, -0.15) is 0 Å². The first kappa shape index (κ1) is 15.0. The van der Waals surface area contributed by atoms with Gasteiger partial charge in [-0.3, -0.25) is 4.79 Å². The van der Waals surface area contributed by atoms with E-state index in [0.717, 1.165) is 19.3 Å². The van der Waals surface area contributed by atoms with Gasteiger partial charge in [-0.25, -0.2) is 0 Å². The highest BCUT2D eigenvalue weighted by Gasteiger charge is 1.96. The molecule has 0 spiro atoms. The first-order chi connectivity index (χ1) is 8.79. The van der Waals surface area contributed by atoms with Crippen molar-refractivity contribution >= 4 is 23.4 Å². The molecule has 100 valence electrons. The third-order valence-corrected chi connectivity index (χ3v) is 3.67. The van der Waals surface area contributed by atoms with Crippen LogP contribution in [0.4, 0.5) is 0 Å². The predicted octanol–water partition coefficient (Wildman–Crippen LogP) is 4.97. The molecule has 0 aliphatic heterocycles. The van der Waals surface area contributed by atoms with Gasteiger partial charge in [-0.15, -0.1) is 11.3 Å². The van der Waals surface area contributed by atoms with Crippen LogP contribution in [0.5, 0.6) is 0 Å². The SMILES string of the molecule is O=C(O)CCCCCCCC/C=C/c1cccs1. The number of hydrogen-bond donors (Lipinski definition) is 1. The predicted molar refractivity (Wildman–Crippen MR) is 77.9 cm³/mol. The zero-order chi connectivity index (χ0) is 13.1. The van der Waals surface area contributed by atoms with E-state index < -0.39 is 5.97 Å². The summed E-state index contributed by atoms with van der Waals surface area (Å²) in [5.74, 6) is -0.672. The molecule has 0 aliphatic carbocycles. The number of hydrogen-bond acceptors (Lipinski definition) is 2. The van der Waals surface area contributed by atoms with E-state index in [1.165, 1.54) is 30.6 Å². The fraction of sp³-hybridized carbons (Fsp3) is 0.533. The minimum atomic E-state index is -0.672.